The van der Waals surface area contributed by atoms with Gasteiger partial charge in [0.2, 0.25) is 5.78 Å². The highest BCUT2D eigenvalue weighted by Gasteiger charge is 2.31. The number of hydrogen-bond acceptors (Lipinski definition) is 4. The van der Waals surface area contributed by atoms with E-state index in [0.717, 1.165) is 11.6 Å². The third kappa shape index (κ3) is 6.66. The second kappa shape index (κ2) is 8.32. The van der Waals surface area contributed by atoms with Crippen LogP contribution in [0.4, 0.5) is 13.2 Å². The average Bonchev–Trinajstić information content (AvgIpc) is 2.57. The lowest BCUT2D eigenvalue weighted by molar-refractivity contribution is -0.274. The largest absolute Gasteiger partial charge is 0.573 e. The Morgan fingerprint density at radius 2 is 1.60 bits per heavy atom. The second-order valence-electron chi connectivity index (χ2n) is 5.18. The van der Waals surface area contributed by atoms with E-state index in [2.05, 4.69) is 4.74 Å². The predicted molar refractivity (Wildman–Crippen MR) is 82.7 cm³/mol. The van der Waals surface area contributed by atoms with Crippen molar-refractivity contribution in [3.05, 3.63) is 65.7 Å². The molecule has 2 aromatic rings. The van der Waals surface area contributed by atoms with Crippen LogP contribution in [0.25, 0.3) is 0 Å². The molecule has 0 heterocycles. The third-order valence-corrected chi connectivity index (χ3v) is 3.21. The Kier molecular flexibility index (Phi) is 6.16. The molecule has 0 spiro atoms. The van der Waals surface area contributed by atoms with Crippen molar-refractivity contribution in [2.45, 2.75) is 25.8 Å². The van der Waals surface area contributed by atoms with Crippen LogP contribution in [0.2, 0.25) is 0 Å². The first-order valence-electron chi connectivity index (χ1n) is 7.42. The number of aryl methyl sites for hydroxylation is 1. The normalized spacial score (nSPS) is 11.0. The monoisotopic (exact) mass is 352 g/mol. The number of Topliss-reactive ketones (excluding diaryl/α,β-unsaturated/α-hetero) is 1. The molecule has 0 amide bonds. The van der Waals surface area contributed by atoms with Crippen LogP contribution in [0, 0.1) is 0 Å². The Balaban J connectivity index is 1.83. The van der Waals surface area contributed by atoms with Gasteiger partial charge < -0.3 is 9.47 Å². The van der Waals surface area contributed by atoms with E-state index in [0.29, 0.717) is 5.56 Å². The lowest BCUT2D eigenvalue weighted by Gasteiger charge is -2.10. The van der Waals surface area contributed by atoms with Gasteiger partial charge in [-0.3, -0.25) is 4.79 Å². The molecular weight excluding hydrogens is 337 g/mol. The maximum atomic E-state index is 12.2. The lowest BCUT2D eigenvalue weighted by atomic mass is 10.1. The van der Waals surface area contributed by atoms with Gasteiger partial charge in [0.25, 0.3) is 0 Å². The van der Waals surface area contributed by atoms with E-state index in [9.17, 15) is 22.8 Å². The molecule has 4 nitrogen and oxygen atoms in total. The molecule has 0 fully saturated rings. The summed E-state index contributed by atoms with van der Waals surface area (Å²) in [6, 6.07) is 14.1. The third-order valence-electron chi connectivity index (χ3n) is 3.21. The minimum atomic E-state index is -4.78. The van der Waals surface area contributed by atoms with Gasteiger partial charge in [0.05, 0.1) is 0 Å². The minimum absolute atomic E-state index is 0.0136. The Labute approximate surface area is 142 Å². The molecular formula is C18H15F3O4. The highest BCUT2D eigenvalue weighted by atomic mass is 19.4. The molecule has 0 unspecified atom stereocenters. The summed E-state index contributed by atoms with van der Waals surface area (Å²) in [5.41, 5.74) is 1.20. The average molecular weight is 352 g/mol. The van der Waals surface area contributed by atoms with Crippen molar-refractivity contribution in [3.63, 3.8) is 0 Å². The first-order chi connectivity index (χ1) is 11.8. The van der Waals surface area contributed by atoms with Gasteiger partial charge in [0, 0.05) is 6.42 Å². The van der Waals surface area contributed by atoms with E-state index in [1.54, 1.807) is 30.3 Å². The molecule has 0 bridgehead atoms. The fraction of sp³-hybridized carbons (Fsp3) is 0.222. The summed E-state index contributed by atoms with van der Waals surface area (Å²) < 4.78 is 45.3. The van der Waals surface area contributed by atoms with Crippen molar-refractivity contribution in [1.82, 2.24) is 0 Å². The van der Waals surface area contributed by atoms with Gasteiger partial charge >= 0.3 is 12.3 Å². The molecule has 2 rings (SSSR count). The Morgan fingerprint density at radius 3 is 2.28 bits per heavy atom. The molecule has 132 valence electrons. The lowest BCUT2D eigenvalue weighted by Crippen LogP contribution is -2.18. The molecule has 0 saturated heterocycles. The number of halogens is 3. The van der Waals surface area contributed by atoms with E-state index >= 15 is 0 Å². The van der Waals surface area contributed by atoms with Crippen LogP contribution in [-0.4, -0.2) is 18.1 Å². The minimum Gasteiger partial charge on any atom is -0.455 e. The quantitative estimate of drug-likeness (QED) is 0.561. The van der Waals surface area contributed by atoms with Gasteiger partial charge in [-0.1, -0.05) is 42.5 Å². The Morgan fingerprint density at radius 1 is 0.920 bits per heavy atom. The van der Waals surface area contributed by atoms with Crippen molar-refractivity contribution >= 4 is 11.8 Å². The maximum absolute atomic E-state index is 12.2. The number of ketones is 1. The Hall–Kier alpha value is -2.83. The zero-order chi connectivity index (χ0) is 18.3. The Bertz CT molecular complexity index is 727. The zero-order valence-electron chi connectivity index (χ0n) is 13.1. The van der Waals surface area contributed by atoms with Crippen LogP contribution in [0.3, 0.4) is 0 Å². The topological polar surface area (TPSA) is 52.6 Å². The van der Waals surface area contributed by atoms with Crippen molar-refractivity contribution in [1.29, 1.82) is 0 Å². The van der Waals surface area contributed by atoms with Gasteiger partial charge in [-0.15, -0.1) is 13.2 Å². The van der Waals surface area contributed by atoms with Crippen molar-refractivity contribution in [3.8, 4) is 5.75 Å². The van der Waals surface area contributed by atoms with E-state index in [1.807, 2.05) is 6.07 Å². The molecule has 2 aromatic carbocycles. The molecule has 0 aliphatic heterocycles. The van der Waals surface area contributed by atoms with Crippen LogP contribution in [0.5, 0.6) is 5.75 Å². The summed E-state index contributed by atoms with van der Waals surface area (Å²) in [6.07, 6.45) is -4.84. The second-order valence-corrected chi connectivity index (χ2v) is 5.18. The molecule has 0 radical (unpaired) electrons. The molecule has 0 N–H and O–H groups in total. The summed E-state index contributed by atoms with van der Waals surface area (Å²) in [5.74, 6) is -2.08. The summed E-state index contributed by atoms with van der Waals surface area (Å²) in [7, 11) is 0. The van der Waals surface area contributed by atoms with Crippen LogP contribution in [-0.2, 0) is 27.4 Å². The first kappa shape index (κ1) is 18.5. The van der Waals surface area contributed by atoms with E-state index in [4.69, 9.17) is 4.74 Å². The van der Waals surface area contributed by atoms with Crippen LogP contribution in [0.15, 0.2) is 54.6 Å². The van der Waals surface area contributed by atoms with Gasteiger partial charge in [-0.05, 0) is 29.7 Å². The van der Waals surface area contributed by atoms with E-state index in [-0.39, 0.29) is 25.2 Å². The molecule has 7 heteroatoms. The molecule has 0 aliphatic rings. The molecule has 0 saturated carbocycles. The number of alkyl halides is 3. The first-order valence-corrected chi connectivity index (χ1v) is 7.42. The number of esters is 1. The van der Waals surface area contributed by atoms with Gasteiger partial charge in [0.1, 0.15) is 12.4 Å². The van der Waals surface area contributed by atoms with Gasteiger partial charge in [-0.25, -0.2) is 4.79 Å². The number of benzene rings is 2. The van der Waals surface area contributed by atoms with Gasteiger partial charge in [0.15, 0.2) is 0 Å². The molecule has 25 heavy (non-hydrogen) atoms. The van der Waals surface area contributed by atoms with Crippen molar-refractivity contribution in [2.24, 2.45) is 0 Å². The van der Waals surface area contributed by atoms with Crippen LogP contribution in [0.1, 0.15) is 17.5 Å². The SMILES string of the molecule is O=C(CCc1cccc(OC(F)(F)F)c1)C(=O)OCc1ccccc1. The maximum Gasteiger partial charge on any atom is 0.573 e. The number of ether oxygens (including phenoxy) is 2. The van der Waals surface area contributed by atoms with Crippen molar-refractivity contribution < 1.29 is 32.2 Å². The highest BCUT2D eigenvalue weighted by Crippen LogP contribution is 2.23. The number of hydrogen-bond donors (Lipinski definition) is 0. The summed E-state index contributed by atoms with van der Waals surface area (Å²) >= 11 is 0. The number of rotatable bonds is 7. The number of carbonyl (C=O) groups is 2. The fourth-order valence-corrected chi connectivity index (χ4v) is 2.06. The smallest absolute Gasteiger partial charge is 0.455 e. The van der Waals surface area contributed by atoms with Crippen LogP contribution < -0.4 is 4.74 Å². The zero-order valence-corrected chi connectivity index (χ0v) is 13.1. The summed E-state index contributed by atoms with van der Waals surface area (Å²) in [4.78, 5) is 23.4. The van der Waals surface area contributed by atoms with E-state index < -0.39 is 18.1 Å². The molecule has 0 aromatic heterocycles. The van der Waals surface area contributed by atoms with Crippen LogP contribution >= 0.6 is 0 Å². The molecule has 0 aliphatic carbocycles. The molecule has 0 atom stereocenters. The summed E-state index contributed by atoms with van der Waals surface area (Å²) in [6.45, 7) is -0.0136. The number of carbonyl (C=O) groups excluding carboxylic acids is 2. The standard InChI is InChI=1S/C18H15F3O4/c19-18(20,21)25-15-8-4-7-13(11-15)9-10-16(22)17(23)24-12-14-5-2-1-3-6-14/h1-8,11H,9-10,12H2. The van der Waals surface area contributed by atoms with E-state index in [1.165, 1.54) is 12.1 Å². The summed E-state index contributed by atoms with van der Waals surface area (Å²) in [5, 5.41) is 0. The fourth-order valence-electron chi connectivity index (χ4n) is 2.06. The van der Waals surface area contributed by atoms with Gasteiger partial charge in [-0.2, -0.15) is 0 Å². The highest BCUT2D eigenvalue weighted by molar-refractivity contribution is 6.33. The predicted octanol–water partition coefficient (Wildman–Crippen LogP) is 3.83. The van der Waals surface area contributed by atoms with Crippen molar-refractivity contribution in [2.75, 3.05) is 0 Å².